The molecule has 0 amide bonds. The molecule has 106 valence electrons. The fourth-order valence-electron chi connectivity index (χ4n) is 0.125. The normalized spacial score (nSPS) is 6.44. The van der Waals surface area contributed by atoms with Crippen molar-refractivity contribution < 1.29 is 0 Å². The topological polar surface area (TPSA) is 0 Å². The van der Waals surface area contributed by atoms with Crippen molar-refractivity contribution in [3.05, 3.63) is 0 Å². The lowest BCUT2D eigenvalue weighted by Gasteiger charge is -1.39. The van der Waals surface area contributed by atoms with Crippen LogP contribution in [-0.2, 0) is 138 Å². The Balaban J connectivity index is 0. The van der Waals surface area contributed by atoms with Gasteiger partial charge in [-0.25, -0.2) is 0 Å². The van der Waals surface area contributed by atoms with Crippen molar-refractivity contribution in [2.45, 2.75) is 6.92 Å². The summed E-state index contributed by atoms with van der Waals surface area (Å²) in [5, 5.41) is 0. The van der Waals surface area contributed by atoms with E-state index < -0.39 is 0 Å². The van der Waals surface area contributed by atoms with Crippen molar-refractivity contribution in [1.82, 2.24) is 0 Å². The van der Waals surface area contributed by atoms with Crippen molar-refractivity contribution in [3.63, 3.8) is 0 Å². The van der Waals surface area contributed by atoms with Gasteiger partial charge in [-0.15, -0.1) is 12.3 Å². The van der Waals surface area contributed by atoms with Gasteiger partial charge in [0.1, 0.15) is 0 Å². The van der Waals surface area contributed by atoms with E-state index in [1.165, 1.54) is 17.8 Å². The van der Waals surface area contributed by atoms with E-state index in [2.05, 4.69) is 12.3 Å². The third-order valence-electron chi connectivity index (χ3n) is 0.333. The van der Waals surface area contributed by atoms with Crippen LogP contribution in [0, 0.1) is 12.3 Å². The molecule has 18 heavy (non-hydrogen) atoms. The maximum Gasteiger partial charge on any atom is 0 e. The van der Waals surface area contributed by atoms with E-state index in [1.807, 2.05) is 0 Å². The third kappa shape index (κ3) is 27.2. The molecule has 0 N–H and O–H groups in total. The first-order valence-corrected chi connectivity index (χ1v) is 21.8. The zero-order valence-electron chi connectivity index (χ0n) is 8.20. The van der Waals surface area contributed by atoms with E-state index in [0.29, 0.717) is 0 Å². The Morgan fingerprint density at radius 1 is 0.611 bits per heavy atom. The molecule has 0 atom stereocenters. The number of rotatable bonds is 0. The molecule has 0 fully saturated rings. The monoisotopic (exact) mass is 520 g/mol. The molecule has 0 nitrogen and oxygen atoms in total. The van der Waals surface area contributed by atoms with Crippen LogP contribution in [0.15, 0.2) is 0 Å². The molecule has 0 aliphatic rings. The first-order valence-electron chi connectivity index (χ1n) is 3.12. The number of hydrogen-bond donors (Lipinski definition) is 0. The smallest absolute Gasteiger partial charge is 0 e. The van der Waals surface area contributed by atoms with Crippen LogP contribution in [0.1, 0.15) is 6.92 Å². The summed E-state index contributed by atoms with van der Waals surface area (Å²) in [6.07, 6.45) is 4.60. The second kappa shape index (κ2) is 24.9. The molecule has 0 aromatic rings. The highest BCUT2D eigenvalue weighted by molar-refractivity contribution is 8.76. The quantitative estimate of drug-likeness (QED) is 0.429. The lowest BCUT2D eigenvalue weighted by molar-refractivity contribution is 1.94. The second-order valence-corrected chi connectivity index (χ2v) is 24.2. The molecule has 0 radical (unpaired) electrons. The van der Waals surface area contributed by atoms with Crippen LogP contribution in [0.3, 0.4) is 0 Å². The number of terminal acetylenes is 1. The van der Waals surface area contributed by atoms with Crippen molar-refractivity contribution >= 4 is 138 Å². The van der Waals surface area contributed by atoms with Gasteiger partial charge in [-0.3, -0.25) is 0 Å². The summed E-state index contributed by atoms with van der Waals surface area (Å²) in [6.45, 7) is 1.65. The molecule has 0 bridgehead atoms. The summed E-state index contributed by atoms with van der Waals surface area (Å²) in [4.78, 5) is 0. The summed E-state index contributed by atoms with van der Waals surface area (Å²) in [6, 6.07) is 0. The van der Waals surface area contributed by atoms with Gasteiger partial charge in [-0.1, -0.05) is 0 Å². The highest BCUT2D eigenvalue weighted by Gasteiger charge is 1.40. The lowest BCUT2D eigenvalue weighted by atomic mass is 10.9. The van der Waals surface area contributed by atoms with Gasteiger partial charge >= 0.3 is 0 Å². The predicted molar refractivity (Wildman–Crippen MR) is 125 cm³/mol. The largest absolute Gasteiger partial charge is 0.120 e. The lowest BCUT2D eigenvalue weighted by Crippen LogP contribution is -1.39. The zero-order chi connectivity index (χ0) is 13.9. The van der Waals surface area contributed by atoms with Crippen LogP contribution in [0.4, 0.5) is 0 Å². The van der Waals surface area contributed by atoms with Gasteiger partial charge in [0.05, 0.1) is 0 Å². The molecule has 0 aromatic carbocycles. The van der Waals surface area contributed by atoms with E-state index in [1.54, 1.807) is 105 Å². The summed E-state index contributed by atoms with van der Waals surface area (Å²) >= 11 is 9.45. The van der Waals surface area contributed by atoms with Crippen molar-refractivity contribution in [2.75, 3.05) is 0 Å². The predicted octanol–water partition coefficient (Wildman–Crippen LogP) is 0.603. The SMILES string of the molecule is C#CC.S=S=S=S=S=S=S=S=S=S=S=S=S=S=S. The average molecular weight is 521 g/mol. The van der Waals surface area contributed by atoms with Gasteiger partial charge in [0.25, 0.3) is 0 Å². The van der Waals surface area contributed by atoms with Crippen LogP contribution in [0.5, 0.6) is 0 Å². The summed E-state index contributed by atoms with van der Waals surface area (Å²) < 4.78 is 0. The minimum absolute atomic E-state index is 1.37. The van der Waals surface area contributed by atoms with Gasteiger partial charge < -0.3 is 0 Å². The molecule has 0 heterocycles. The van der Waals surface area contributed by atoms with Gasteiger partial charge in [0.15, 0.2) is 0 Å². The molecule has 0 aliphatic carbocycles. The highest BCUT2D eigenvalue weighted by Crippen LogP contribution is 1.39. The van der Waals surface area contributed by atoms with E-state index in [9.17, 15) is 0 Å². The fourth-order valence-corrected chi connectivity index (χ4v) is 30.3. The average Bonchev–Trinajstić information content (AvgIpc) is 2.37. The van der Waals surface area contributed by atoms with E-state index in [-0.39, 0.29) is 0 Å². The summed E-state index contributed by atoms with van der Waals surface area (Å²) in [7, 11) is 21.7. The van der Waals surface area contributed by atoms with Crippen LogP contribution >= 0.6 is 0 Å². The standard InChI is InChI=1S/C3H4.S15/c1-3-2;1-3-5-7-9-11-13-15-14-12-10-8-6-4-2/h1H,2H3;. The summed E-state index contributed by atoms with van der Waals surface area (Å²) in [5.41, 5.74) is 0. The van der Waals surface area contributed by atoms with E-state index in [0.717, 1.165) is 0 Å². The molecule has 0 rings (SSSR count). The van der Waals surface area contributed by atoms with Crippen LogP contribution in [-0.4, -0.2) is 0 Å². The number of hydrogen-bond acceptors (Lipinski definition) is 2. The Labute approximate surface area is 154 Å². The molecule has 15 heteroatoms. The maximum absolute atomic E-state index is 4.72. The molecular formula is C3H4S15. The van der Waals surface area contributed by atoms with Crippen LogP contribution in [0.2, 0.25) is 0 Å². The van der Waals surface area contributed by atoms with Crippen LogP contribution < -0.4 is 0 Å². The molecule has 0 aliphatic heterocycles. The third-order valence-corrected chi connectivity index (χ3v) is 27.0. The van der Waals surface area contributed by atoms with Crippen molar-refractivity contribution in [3.8, 4) is 12.3 Å². The molecule has 0 aromatic heterocycles. The molecular weight excluding hydrogens is 517 g/mol. The van der Waals surface area contributed by atoms with E-state index in [4.69, 9.17) is 22.4 Å². The molecule has 0 spiro atoms. The van der Waals surface area contributed by atoms with E-state index >= 15 is 0 Å². The fraction of sp³-hybridized carbons (Fsp3) is 0.333. The van der Waals surface area contributed by atoms with Crippen LogP contribution in [0.25, 0.3) is 0 Å². The minimum Gasteiger partial charge on any atom is -0.120 e. The van der Waals surface area contributed by atoms with Gasteiger partial charge in [0, 0.05) is 138 Å². The molecule has 0 saturated heterocycles. The Morgan fingerprint density at radius 2 is 0.778 bits per heavy atom. The first-order chi connectivity index (χ1) is 8.83. The summed E-state index contributed by atoms with van der Waals surface area (Å²) in [5.74, 6) is 2.25. The Morgan fingerprint density at radius 3 is 0.944 bits per heavy atom. The van der Waals surface area contributed by atoms with Gasteiger partial charge in [-0.2, -0.15) is 0 Å². The highest BCUT2D eigenvalue weighted by atomic mass is 33.5. The van der Waals surface area contributed by atoms with Gasteiger partial charge in [0.2, 0.25) is 0 Å². The Hall–Kier alpha value is 2.86. The molecule has 0 saturated carbocycles. The van der Waals surface area contributed by atoms with Crippen molar-refractivity contribution in [2.24, 2.45) is 0 Å². The Bertz CT molecular complexity index is 725. The maximum atomic E-state index is 4.72. The molecule has 0 unspecified atom stereocenters. The van der Waals surface area contributed by atoms with Crippen molar-refractivity contribution in [1.29, 1.82) is 0 Å². The Kier molecular flexibility index (Phi) is 31.9. The minimum atomic E-state index is 1.37. The van der Waals surface area contributed by atoms with Gasteiger partial charge in [-0.05, 0) is 6.92 Å². The first kappa shape index (κ1) is 23.1. The second-order valence-electron chi connectivity index (χ2n) is 1.17. The zero-order valence-corrected chi connectivity index (χ0v) is 20.4.